The minimum Gasteiger partial charge on any atom is -0.480 e. The van der Waals surface area contributed by atoms with Crippen LogP contribution in [0, 0.1) is 0 Å². The molecule has 1 amide bonds. The Morgan fingerprint density at radius 3 is 2.94 bits per heavy atom. The summed E-state index contributed by atoms with van der Waals surface area (Å²) in [7, 11) is 1.46. The molecule has 7 nitrogen and oxygen atoms in total. The Balaban J connectivity index is 2.54. The molecule has 1 heterocycles. The van der Waals surface area contributed by atoms with Crippen LogP contribution in [0.4, 0.5) is 0 Å². The number of nitrogens with one attached hydrogen (secondary N) is 1. The predicted octanol–water partition coefficient (Wildman–Crippen LogP) is -0.106. The van der Waals surface area contributed by atoms with E-state index in [1.54, 1.807) is 0 Å². The van der Waals surface area contributed by atoms with E-state index in [0.717, 1.165) is 0 Å². The number of carboxylic acids is 1. The predicted molar refractivity (Wildman–Crippen MR) is 51.9 cm³/mol. The average Bonchev–Trinajstić information content (AvgIpc) is 2.76. The van der Waals surface area contributed by atoms with Crippen LogP contribution >= 0.6 is 0 Å². The fraction of sp³-hybridized carbons (Fsp3) is 0.444. The van der Waals surface area contributed by atoms with Gasteiger partial charge >= 0.3 is 5.97 Å². The van der Waals surface area contributed by atoms with Crippen LogP contribution in [0.5, 0.6) is 0 Å². The Bertz CT molecular complexity index is 349. The SMILES string of the molecule is COCCC(NC(=O)c1ccno1)C(=O)O. The zero-order valence-electron chi connectivity index (χ0n) is 8.67. The molecule has 1 rings (SSSR count). The fourth-order valence-corrected chi connectivity index (χ4v) is 1.06. The Kier molecular flexibility index (Phi) is 4.46. The normalized spacial score (nSPS) is 12.1. The van der Waals surface area contributed by atoms with Gasteiger partial charge < -0.3 is 19.7 Å². The van der Waals surface area contributed by atoms with Crippen molar-refractivity contribution in [3.05, 3.63) is 18.0 Å². The molecule has 0 radical (unpaired) electrons. The van der Waals surface area contributed by atoms with E-state index in [9.17, 15) is 9.59 Å². The van der Waals surface area contributed by atoms with Gasteiger partial charge in [0.25, 0.3) is 5.91 Å². The molecule has 0 aromatic carbocycles. The van der Waals surface area contributed by atoms with E-state index in [1.807, 2.05) is 0 Å². The molecule has 0 bridgehead atoms. The molecule has 0 aliphatic rings. The topological polar surface area (TPSA) is 102 Å². The highest BCUT2D eigenvalue weighted by Crippen LogP contribution is 1.99. The smallest absolute Gasteiger partial charge is 0.326 e. The number of hydrogen-bond acceptors (Lipinski definition) is 5. The summed E-state index contributed by atoms with van der Waals surface area (Å²) in [6, 6.07) is 0.349. The van der Waals surface area contributed by atoms with Crippen LogP contribution in [0.25, 0.3) is 0 Å². The standard InChI is InChI=1S/C9H12N2O5/c1-15-5-3-6(9(13)14)11-8(12)7-2-4-10-16-7/h2,4,6H,3,5H2,1H3,(H,11,12)(H,13,14). The van der Waals surface area contributed by atoms with Gasteiger partial charge in [0.1, 0.15) is 6.04 Å². The zero-order valence-corrected chi connectivity index (χ0v) is 8.67. The van der Waals surface area contributed by atoms with E-state index in [-0.39, 0.29) is 18.8 Å². The van der Waals surface area contributed by atoms with Crippen molar-refractivity contribution in [2.45, 2.75) is 12.5 Å². The highest BCUT2D eigenvalue weighted by Gasteiger charge is 2.21. The van der Waals surface area contributed by atoms with Crippen molar-refractivity contribution in [1.82, 2.24) is 10.5 Å². The second-order valence-electron chi connectivity index (χ2n) is 3.02. The van der Waals surface area contributed by atoms with Crippen LogP contribution in [-0.4, -0.2) is 41.9 Å². The molecule has 1 atom stereocenters. The van der Waals surface area contributed by atoms with Crippen molar-refractivity contribution < 1.29 is 24.0 Å². The fourth-order valence-electron chi connectivity index (χ4n) is 1.06. The van der Waals surface area contributed by atoms with Crippen molar-refractivity contribution in [1.29, 1.82) is 0 Å². The number of carbonyl (C=O) groups is 2. The summed E-state index contributed by atoms with van der Waals surface area (Å²) in [5.41, 5.74) is 0. The lowest BCUT2D eigenvalue weighted by Crippen LogP contribution is -2.41. The summed E-state index contributed by atoms with van der Waals surface area (Å²) >= 11 is 0. The lowest BCUT2D eigenvalue weighted by molar-refractivity contribution is -0.139. The third kappa shape index (κ3) is 3.35. The molecule has 0 spiro atoms. The lowest BCUT2D eigenvalue weighted by Gasteiger charge is -2.12. The number of aromatic nitrogens is 1. The molecule has 1 aromatic rings. The molecule has 1 unspecified atom stereocenters. The number of rotatable bonds is 6. The van der Waals surface area contributed by atoms with Gasteiger partial charge in [-0.25, -0.2) is 4.79 Å². The quantitative estimate of drug-likeness (QED) is 0.704. The van der Waals surface area contributed by atoms with E-state index < -0.39 is 17.9 Å². The maximum Gasteiger partial charge on any atom is 0.326 e. The summed E-state index contributed by atoms with van der Waals surface area (Å²) in [4.78, 5) is 22.2. The molecule has 88 valence electrons. The highest BCUT2D eigenvalue weighted by atomic mass is 16.5. The Morgan fingerprint density at radius 2 is 2.44 bits per heavy atom. The van der Waals surface area contributed by atoms with Crippen molar-refractivity contribution in [3.8, 4) is 0 Å². The number of ether oxygens (including phenoxy) is 1. The first kappa shape index (κ1) is 12.2. The van der Waals surface area contributed by atoms with E-state index in [0.29, 0.717) is 0 Å². The van der Waals surface area contributed by atoms with Crippen molar-refractivity contribution >= 4 is 11.9 Å². The van der Waals surface area contributed by atoms with Crippen molar-refractivity contribution in [2.75, 3.05) is 13.7 Å². The van der Waals surface area contributed by atoms with E-state index in [1.165, 1.54) is 19.4 Å². The zero-order chi connectivity index (χ0) is 12.0. The number of aliphatic carboxylic acids is 1. The van der Waals surface area contributed by atoms with Gasteiger partial charge in [-0.1, -0.05) is 5.16 Å². The summed E-state index contributed by atoms with van der Waals surface area (Å²) in [6.07, 6.45) is 1.49. The molecular formula is C9H12N2O5. The molecule has 7 heteroatoms. The molecular weight excluding hydrogens is 216 g/mol. The van der Waals surface area contributed by atoms with Crippen LogP contribution in [0.1, 0.15) is 17.0 Å². The summed E-state index contributed by atoms with van der Waals surface area (Å²) in [6.45, 7) is 0.244. The first-order valence-electron chi connectivity index (χ1n) is 4.58. The molecule has 0 aliphatic carbocycles. The largest absolute Gasteiger partial charge is 0.480 e. The summed E-state index contributed by atoms with van der Waals surface area (Å²) in [5.74, 6) is -1.76. The third-order valence-electron chi connectivity index (χ3n) is 1.88. The van der Waals surface area contributed by atoms with Gasteiger partial charge in [0, 0.05) is 26.2 Å². The Labute approximate surface area is 91.4 Å². The number of carboxylic acid groups (broad SMARTS) is 1. The number of hydrogen-bond donors (Lipinski definition) is 2. The minimum atomic E-state index is -1.12. The molecule has 0 fully saturated rings. The first-order chi connectivity index (χ1) is 7.65. The average molecular weight is 228 g/mol. The second kappa shape index (κ2) is 5.86. The summed E-state index contributed by atoms with van der Waals surface area (Å²) in [5, 5.41) is 14.5. The number of amides is 1. The van der Waals surface area contributed by atoms with Gasteiger partial charge in [0.05, 0.1) is 6.20 Å². The number of carbonyl (C=O) groups excluding carboxylic acids is 1. The van der Waals surface area contributed by atoms with Gasteiger partial charge in [-0.05, 0) is 0 Å². The maximum atomic E-state index is 11.4. The van der Waals surface area contributed by atoms with Gasteiger partial charge in [0.2, 0.25) is 5.76 Å². The minimum absolute atomic E-state index is 0.0244. The second-order valence-corrected chi connectivity index (χ2v) is 3.02. The van der Waals surface area contributed by atoms with Crippen LogP contribution in [-0.2, 0) is 9.53 Å². The van der Waals surface area contributed by atoms with E-state index >= 15 is 0 Å². The van der Waals surface area contributed by atoms with Gasteiger partial charge in [0.15, 0.2) is 0 Å². The monoisotopic (exact) mass is 228 g/mol. The molecule has 2 N–H and O–H groups in total. The highest BCUT2D eigenvalue weighted by molar-refractivity contribution is 5.94. The van der Waals surface area contributed by atoms with Crippen LogP contribution < -0.4 is 5.32 Å². The first-order valence-corrected chi connectivity index (χ1v) is 4.58. The lowest BCUT2D eigenvalue weighted by atomic mass is 10.2. The van der Waals surface area contributed by atoms with Gasteiger partial charge in [-0.2, -0.15) is 0 Å². The maximum absolute atomic E-state index is 11.4. The van der Waals surface area contributed by atoms with E-state index in [4.69, 9.17) is 9.84 Å². The van der Waals surface area contributed by atoms with Gasteiger partial charge in [-0.3, -0.25) is 4.79 Å². The van der Waals surface area contributed by atoms with Crippen LogP contribution in [0.3, 0.4) is 0 Å². The van der Waals surface area contributed by atoms with Crippen LogP contribution in [0.15, 0.2) is 16.8 Å². The molecule has 0 saturated carbocycles. The number of methoxy groups -OCH3 is 1. The molecule has 1 aromatic heterocycles. The van der Waals surface area contributed by atoms with Gasteiger partial charge in [-0.15, -0.1) is 0 Å². The summed E-state index contributed by atoms with van der Waals surface area (Å²) < 4.78 is 9.34. The van der Waals surface area contributed by atoms with Crippen molar-refractivity contribution in [3.63, 3.8) is 0 Å². The molecule has 16 heavy (non-hydrogen) atoms. The third-order valence-corrected chi connectivity index (χ3v) is 1.88. The Hall–Kier alpha value is -1.89. The number of nitrogens with zero attached hydrogens (tertiary/aromatic N) is 1. The molecule has 0 saturated heterocycles. The Morgan fingerprint density at radius 1 is 1.69 bits per heavy atom. The van der Waals surface area contributed by atoms with Crippen molar-refractivity contribution in [2.24, 2.45) is 0 Å². The molecule has 0 aliphatic heterocycles. The van der Waals surface area contributed by atoms with Crippen LogP contribution in [0.2, 0.25) is 0 Å². The van der Waals surface area contributed by atoms with E-state index in [2.05, 4.69) is 15.0 Å².